The first kappa shape index (κ1) is 13.9. The molecule has 0 aliphatic rings. The van der Waals surface area contributed by atoms with E-state index < -0.39 is 0 Å². The lowest BCUT2D eigenvalue weighted by Gasteiger charge is -2.17. The van der Waals surface area contributed by atoms with E-state index >= 15 is 0 Å². The van der Waals surface area contributed by atoms with Crippen LogP contribution in [0.25, 0.3) is 11.0 Å². The first-order valence-electron chi connectivity index (χ1n) is 7.02. The molecule has 1 atom stereocenters. The Labute approximate surface area is 114 Å². The number of hydrogen-bond donors (Lipinski definition) is 0. The summed E-state index contributed by atoms with van der Waals surface area (Å²) >= 11 is 0. The van der Waals surface area contributed by atoms with E-state index in [0.717, 1.165) is 22.9 Å². The van der Waals surface area contributed by atoms with Gasteiger partial charge in [0.2, 0.25) is 0 Å². The monoisotopic (exact) mass is 258 g/mol. The summed E-state index contributed by atoms with van der Waals surface area (Å²) in [6, 6.07) is 6.16. The van der Waals surface area contributed by atoms with E-state index in [-0.39, 0.29) is 11.5 Å². The Bertz CT molecular complexity index is 650. The van der Waals surface area contributed by atoms with Crippen molar-refractivity contribution >= 4 is 11.0 Å². The molecule has 1 aromatic heterocycles. The lowest BCUT2D eigenvalue weighted by Crippen LogP contribution is -2.16. The normalized spacial score (nSPS) is 13.2. The third kappa shape index (κ3) is 2.44. The van der Waals surface area contributed by atoms with Gasteiger partial charge in [0, 0.05) is 10.9 Å². The van der Waals surface area contributed by atoms with Gasteiger partial charge in [0.1, 0.15) is 5.58 Å². The van der Waals surface area contributed by atoms with Gasteiger partial charge in [-0.1, -0.05) is 39.8 Å². The maximum atomic E-state index is 12.2. The second-order valence-corrected chi connectivity index (χ2v) is 5.64. The molecule has 0 fully saturated rings. The summed E-state index contributed by atoms with van der Waals surface area (Å²) in [6.45, 7) is 10.5. The van der Waals surface area contributed by atoms with Gasteiger partial charge < -0.3 is 4.42 Å². The predicted molar refractivity (Wildman–Crippen MR) is 79.9 cm³/mol. The molecular weight excluding hydrogens is 236 g/mol. The van der Waals surface area contributed by atoms with Gasteiger partial charge >= 0.3 is 5.63 Å². The molecule has 19 heavy (non-hydrogen) atoms. The zero-order valence-electron chi connectivity index (χ0n) is 12.4. The summed E-state index contributed by atoms with van der Waals surface area (Å²) in [5.41, 5.74) is 3.61. The zero-order valence-corrected chi connectivity index (χ0v) is 12.4. The van der Waals surface area contributed by atoms with Crippen molar-refractivity contribution in [2.75, 3.05) is 0 Å². The van der Waals surface area contributed by atoms with Gasteiger partial charge in [-0.05, 0) is 42.4 Å². The molecule has 0 radical (unpaired) electrons. The van der Waals surface area contributed by atoms with Crippen LogP contribution in [-0.2, 0) is 6.42 Å². The highest BCUT2D eigenvalue weighted by Crippen LogP contribution is 2.28. The lowest BCUT2D eigenvalue weighted by atomic mass is 9.87. The fraction of sp³-hybridized carbons (Fsp3) is 0.471. The third-order valence-corrected chi connectivity index (χ3v) is 4.14. The Morgan fingerprint density at radius 2 is 1.89 bits per heavy atom. The molecule has 1 aromatic carbocycles. The second kappa shape index (κ2) is 5.20. The largest absolute Gasteiger partial charge is 0.422 e. The van der Waals surface area contributed by atoms with Gasteiger partial charge in [0.05, 0.1) is 0 Å². The maximum absolute atomic E-state index is 12.2. The van der Waals surface area contributed by atoms with Crippen LogP contribution < -0.4 is 5.63 Å². The minimum absolute atomic E-state index is 0.181. The van der Waals surface area contributed by atoms with Crippen LogP contribution in [0.4, 0.5) is 0 Å². The first-order chi connectivity index (χ1) is 8.95. The Hall–Kier alpha value is -1.57. The van der Waals surface area contributed by atoms with Crippen LogP contribution in [0, 0.1) is 12.8 Å². The van der Waals surface area contributed by atoms with Crippen molar-refractivity contribution in [1.82, 2.24) is 0 Å². The van der Waals surface area contributed by atoms with Crippen molar-refractivity contribution in [3.8, 4) is 0 Å². The van der Waals surface area contributed by atoms with E-state index in [0.29, 0.717) is 11.5 Å². The molecule has 102 valence electrons. The highest BCUT2D eigenvalue weighted by atomic mass is 16.4. The van der Waals surface area contributed by atoms with E-state index in [1.54, 1.807) is 0 Å². The summed E-state index contributed by atoms with van der Waals surface area (Å²) in [5.74, 6) is 0.639. The molecule has 2 heteroatoms. The minimum atomic E-state index is -0.181. The molecule has 2 rings (SSSR count). The molecule has 2 nitrogen and oxygen atoms in total. The molecule has 0 N–H and O–H groups in total. The summed E-state index contributed by atoms with van der Waals surface area (Å²) < 4.78 is 5.53. The topological polar surface area (TPSA) is 30.2 Å². The Morgan fingerprint density at radius 1 is 1.21 bits per heavy atom. The SMILES string of the molecule is CCc1ccc2c(C)c(C(C)C(C)C)c(=O)oc2c1. The number of aryl methyl sites for hydroxylation is 2. The quantitative estimate of drug-likeness (QED) is 0.763. The average molecular weight is 258 g/mol. The van der Waals surface area contributed by atoms with Gasteiger partial charge in [-0.3, -0.25) is 0 Å². The zero-order chi connectivity index (χ0) is 14.2. The first-order valence-corrected chi connectivity index (χ1v) is 7.02. The summed E-state index contributed by atoms with van der Waals surface area (Å²) in [5, 5.41) is 1.05. The molecule has 1 unspecified atom stereocenters. The van der Waals surface area contributed by atoms with Crippen molar-refractivity contribution in [2.45, 2.75) is 47.0 Å². The van der Waals surface area contributed by atoms with Gasteiger partial charge in [-0.25, -0.2) is 4.79 Å². The minimum Gasteiger partial charge on any atom is -0.422 e. The molecule has 0 aliphatic heterocycles. The summed E-state index contributed by atoms with van der Waals surface area (Å²) in [4.78, 5) is 12.2. The Balaban J connectivity index is 2.73. The van der Waals surface area contributed by atoms with Crippen molar-refractivity contribution in [3.63, 3.8) is 0 Å². The van der Waals surface area contributed by atoms with Crippen molar-refractivity contribution in [3.05, 3.63) is 45.3 Å². The Morgan fingerprint density at radius 3 is 2.47 bits per heavy atom. The van der Waals surface area contributed by atoms with Crippen molar-refractivity contribution in [2.24, 2.45) is 5.92 Å². The second-order valence-electron chi connectivity index (χ2n) is 5.64. The van der Waals surface area contributed by atoms with E-state index in [4.69, 9.17) is 4.42 Å². The molecule has 0 saturated heterocycles. The lowest BCUT2D eigenvalue weighted by molar-refractivity contribution is 0.487. The van der Waals surface area contributed by atoms with Gasteiger partial charge in [-0.2, -0.15) is 0 Å². The van der Waals surface area contributed by atoms with Gasteiger partial charge in [0.15, 0.2) is 0 Å². The van der Waals surface area contributed by atoms with Crippen molar-refractivity contribution < 1.29 is 4.42 Å². The molecule has 0 spiro atoms. The fourth-order valence-corrected chi connectivity index (χ4v) is 2.49. The highest BCUT2D eigenvalue weighted by molar-refractivity contribution is 5.81. The molecule has 0 aliphatic carbocycles. The third-order valence-electron chi connectivity index (χ3n) is 4.14. The summed E-state index contributed by atoms with van der Waals surface area (Å²) in [6.07, 6.45) is 0.947. The van der Waals surface area contributed by atoms with E-state index in [1.165, 1.54) is 5.56 Å². The highest BCUT2D eigenvalue weighted by Gasteiger charge is 2.19. The molecule has 0 amide bonds. The predicted octanol–water partition coefficient (Wildman–Crippen LogP) is 4.42. The summed E-state index contributed by atoms with van der Waals surface area (Å²) in [7, 11) is 0. The van der Waals surface area contributed by atoms with Crippen molar-refractivity contribution in [1.29, 1.82) is 0 Å². The fourth-order valence-electron chi connectivity index (χ4n) is 2.49. The molecule has 2 aromatic rings. The smallest absolute Gasteiger partial charge is 0.340 e. The molecular formula is C17H22O2. The molecule has 1 heterocycles. The number of fused-ring (bicyclic) bond motifs is 1. The van der Waals surface area contributed by atoms with Crippen LogP contribution in [0.5, 0.6) is 0 Å². The van der Waals surface area contributed by atoms with Crippen LogP contribution in [0.15, 0.2) is 27.4 Å². The maximum Gasteiger partial charge on any atom is 0.340 e. The number of rotatable bonds is 3. The van der Waals surface area contributed by atoms with Crippen LogP contribution in [0.3, 0.4) is 0 Å². The Kier molecular flexibility index (Phi) is 3.79. The molecule has 0 bridgehead atoms. The van der Waals surface area contributed by atoms with Gasteiger partial charge in [0.25, 0.3) is 0 Å². The number of hydrogen-bond acceptors (Lipinski definition) is 2. The number of benzene rings is 1. The van der Waals surface area contributed by atoms with Crippen LogP contribution in [0.2, 0.25) is 0 Å². The van der Waals surface area contributed by atoms with E-state index in [1.807, 2.05) is 13.0 Å². The van der Waals surface area contributed by atoms with Crippen LogP contribution >= 0.6 is 0 Å². The van der Waals surface area contributed by atoms with Crippen LogP contribution in [-0.4, -0.2) is 0 Å². The molecule has 0 saturated carbocycles. The standard InChI is InChI=1S/C17H22O2/c1-6-13-7-8-14-12(5)16(11(4)10(2)3)17(18)19-15(14)9-13/h7-11H,6H2,1-5H3. The van der Waals surface area contributed by atoms with Crippen LogP contribution in [0.1, 0.15) is 50.3 Å². The average Bonchev–Trinajstić information content (AvgIpc) is 2.37. The van der Waals surface area contributed by atoms with E-state index in [9.17, 15) is 4.79 Å². The van der Waals surface area contributed by atoms with Gasteiger partial charge in [-0.15, -0.1) is 0 Å². The van der Waals surface area contributed by atoms with E-state index in [2.05, 4.69) is 39.8 Å².